The van der Waals surface area contributed by atoms with Gasteiger partial charge >= 0.3 is 0 Å². The fourth-order valence-corrected chi connectivity index (χ4v) is 4.63. The summed E-state index contributed by atoms with van der Waals surface area (Å²) in [5.41, 5.74) is 2.70. The van der Waals surface area contributed by atoms with E-state index < -0.39 is 5.79 Å². The fraction of sp³-hybridized carbons (Fsp3) is 0.476. The number of hydrogen-bond donors (Lipinski definition) is 2. The van der Waals surface area contributed by atoms with Crippen LogP contribution in [0.5, 0.6) is 0 Å². The van der Waals surface area contributed by atoms with Crippen LogP contribution in [-0.4, -0.2) is 48.8 Å². The lowest BCUT2D eigenvalue weighted by Gasteiger charge is -2.24. The van der Waals surface area contributed by atoms with Crippen molar-refractivity contribution in [2.75, 3.05) is 6.61 Å². The minimum atomic E-state index is -0.695. The highest BCUT2D eigenvalue weighted by atomic mass is 16.8. The van der Waals surface area contributed by atoms with E-state index in [2.05, 4.69) is 22.1 Å². The molecule has 1 saturated heterocycles. The van der Waals surface area contributed by atoms with E-state index in [0.717, 1.165) is 5.56 Å². The maximum Gasteiger partial charge on any atom is 0.165 e. The molecule has 152 valence electrons. The summed E-state index contributed by atoms with van der Waals surface area (Å²) in [5, 5.41) is 18.6. The van der Waals surface area contributed by atoms with Crippen LogP contribution in [0.1, 0.15) is 31.9 Å². The van der Waals surface area contributed by atoms with Crippen LogP contribution in [0.3, 0.4) is 0 Å². The zero-order valence-electron chi connectivity index (χ0n) is 16.5. The van der Waals surface area contributed by atoms with E-state index in [-0.39, 0.29) is 30.8 Å². The van der Waals surface area contributed by atoms with Gasteiger partial charge in [0.1, 0.15) is 11.6 Å². The number of aliphatic hydroxyl groups excluding tert-OH is 1. The highest BCUT2D eigenvalue weighted by molar-refractivity contribution is 5.68. The summed E-state index contributed by atoms with van der Waals surface area (Å²) in [5.74, 6) is -0.719. The van der Waals surface area contributed by atoms with Crippen molar-refractivity contribution >= 4 is 11.2 Å². The Balaban J connectivity index is 1.50. The van der Waals surface area contributed by atoms with Crippen LogP contribution in [0.2, 0.25) is 0 Å². The van der Waals surface area contributed by atoms with Crippen molar-refractivity contribution in [2.45, 2.75) is 50.8 Å². The molecule has 0 spiro atoms. The van der Waals surface area contributed by atoms with Gasteiger partial charge in [-0.15, -0.1) is 0 Å². The number of imidazole rings is 1. The number of aromatic nitrogens is 4. The first kappa shape index (κ1) is 18.5. The van der Waals surface area contributed by atoms with Crippen molar-refractivity contribution in [3.8, 4) is 0 Å². The van der Waals surface area contributed by atoms with Crippen molar-refractivity contribution in [1.29, 1.82) is 5.41 Å². The van der Waals surface area contributed by atoms with Crippen LogP contribution < -0.4 is 5.49 Å². The first-order valence-corrected chi connectivity index (χ1v) is 9.94. The van der Waals surface area contributed by atoms with Gasteiger partial charge in [-0.3, -0.25) is 5.41 Å². The molecule has 1 aromatic carbocycles. The van der Waals surface area contributed by atoms with Gasteiger partial charge in [0.05, 0.1) is 31.3 Å². The molecule has 5 rings (SSSR count). The van der Waals surface area contributed by atoms with Gasteiger partial charge in [-0.25, -0.2) is 9.97 Å². The molecule has 0 unspecified atom stereocenters. The predicted molar refractivity (Wildman–Crippen MR) is 105 cm³/mol. The maximum absolute atomic E-state index is 9.81. The molecule has 0 amide bonds. The smallest absolute Gasteiger partial charge is 0.165 e. The number of rotatable bonds is 4. The quantitative estimate of drug-likeness (QED) is 0.702. The van der Waals surface area contributed by atoms with Gasteiger partial charge in [-0.2, -0.15) is 0 Å². The third-order valence-electron chi connectivity index (χ3n) is 5.94. The minimum absolute atomic E-state index is 0.0231. The highest BCUT2D eigenvalue weighted by Gasteiger charge is 2.54. The standard InChI is InChI=1S/C21H25N5O3/c1-21(2)28-17-14(10-27)8-15(18(17)29-21)26-12-24-20-16(19(26)22)23-11-25(20)9-13-6-4-3-5-7-13/h3-7,11-12,14-15,17-18,22,27H,8-10H2,1-2H3/t14-,15-,17-,18+/m1/s1. The van der Waals surface area contributed by atoms with Crippen LogP contribution in [0.4, 0.5) is 0 Å². The Labute approximate surface area is 168 Å². The molecule has 2 fully saturated rings. The van der Waals surface area contributed by atoms with Gasteiger partial charge in [0.15, 0.2) is 16.9 Å². The Morgan fingerprint density at radius 2 is 1.90 bits per heavy atom. The van der Waals surface area contributed by atoms with Crippen LogP contribution in [0.15, 0.2) is 43.0 Å². The largest absolute Gasteiger partial charge is 0.396 e. The molecule has 2 aliphatic rings. The lowest BCUT2D eigenvalue weighted by molar-refractivity contribution is -0.161. The minimum Gasteiger partial charge on any atom is -0.396 e. The maximum atomic E-state index is 9.81. The van der Waals surface area contributed by atoms with E-state index in [1.165, 1.54) is 0 Å². The van der Waals surface area contributed by atoms with Crippen molar-refractivity contribution in [1.82, 2.24) is 19.1 Å². The van der Waals surface area contributed by atoms with E-state index in [4.69, 9.17) is 14.9 Å². The van der Waals surface area contributed by atoms with Crippen molar-refractivity contribution in [3.05, 3.63) is 54.0 Å². The molecule has 0 radical (unpaired) electrons. The van der Waals surface area contributed by atoms with Gasteiger partial charge in [-0.1, -0.05) is 30.3 Å². The molecule has 0 bridgehead atoms. The van der Waals surface area contributed by atoms with Crippen LogP contribution in [0, 0.1) is 11.3 Å². The molecular formula is C21H25N5O3. The van der Waals surface area contributed by atoms with Crippen LogP contribution in [0.25, 0.3) is 11.2 Å². The Morgan fingerprint density at radius 3 is 2.66 bits per heavy atom. The molecule has 3 aromatic rings. The topological polar surface area (TPSA) is 98.2 Å². The van der Waals surface area contributed by atoms with E-state index in [1.807, 2.05) is 41.2 Å². The molecule has 1 aliphatic carbocycles. The molecule has 8 heteroatoms. The zero-order valence-corrected chi connectivity index (χ0v) is 16.5. The summed E-state index contributed by atoms with van der Waals surface area (Å²) < 4.78 is 15.9. The van der Waals surface area contributed by atoms with Crippen molar-refractivity contribution < 1.29 is 14.6 Å². The van der Waals surface area contributed by atoms with Crippen LogP contribution in [-0.2, 0) is 16.0 Å². The number of ether oxygens (including phenoxy) is 2. The van der Waals surface area contributed by atoms with Gasteiger partial charge < -0.3 is 23.7 Å². The number of benzene rings is 1. The molecule has 29 heavy (non-hydrogen) atoms. The lowest BCUT2D eigenvalue weighted by Crippen LogP contribution is -2.33. The predicted octanol–water partition coefficient (Wildman–Crippen LogP) is 1.83. The average molecular weight is 395 g/mol. The summed E-state index contributed by atoms with van der Waals surface area (Å²) in [4.78, 5) is 9.10. The summed E-state index contributed by atoms with van der Waals surface area (Å²) in [6, 6.07) is 9.99. The van der Waals surface area contributed by atoms with Gasteiger partial charge in [-0.05, 0) is 25.8 Å². The second kappa shape index (κ2) is 6.76. The number of fused-ring (bicyclic) bond motifs is 2. The third-order valence-corrected chi connectivity index (χ3v) is 5.94. The van der Waals surface area contributed by atoms with Gasteiger partial charge in [0, 0.05) is 12.5 Å². The first-order valence-electron chi connectivity index (χ1n) is 9.94. The molecule has 8 nitrogen and oxygen atoms in total. The van der Waals surface area contributed by atoms with Gasteiger partial charge in [0.25, 0.3) is 0 Å². The molecule has 1 saturated carbocycles. The van der Waals surface area contributed by atoms with Crippen LogP contribution >= 0.6 is 0 Å². The summed E-state index contributed by atoms with van der Waals surface area (Å²) in [7, 11) is 0. The number of aliphatic hydroxyl groups is 1. The monoisotopic (exact) mass is 395 g/mol. The Kier molecular flexibility index (Phi) is 4.31. The lowest BCUT2D eigenvalue weighted by atomic mass is 10.1. The van der Waals surface area contributed by atoms with E-state index in [1.54, 1.807) is 12.7 Å². The summed E-state index contributed by atoms with van der Waals surface area (Å²) >= 11 is 0. The number of hydrogen-bond acceptors (Lipinski definition) is 6. The fourth-order valence-electron chi connectivity index (χ4n) is 4.63. The third kappa shape index (κ3) is 3.08. The molecule has 3 heterocycles. The first-order chi connectivity index (χ1) is 14.0. The van der Waals surface area contributed by atoms with E-state index >= 15 is 0 Å². The summed E-state index contributed by atoms with van der Waals surface area (Å²) in [6.07, 6.45) is 3.71. The molecule has 1 aliphatic heterocycles. The molecule has 2 N–H and O–H groups in total. The Bertz CT molecular complexity index is 1090. The molecule has 4 atom stereocenters. The van der Waals surface area contributed by atoms with E-state index in [0.29, 0.717) is 29.6 Å². The zero-order chi connectivity index (χ0) is 20.2. The van der Waals surface area contributed by atoms with E-state index in [9.17, 15) is 5.11 Å². The second-order valence-corrected chi connectivity index (χ2v) is 8.34. The Morgan fingerprint density at radius 1 is 1.14 bits per heavy atom. The SMILES string of the molecule is CC1(C)O[C@@H]2[C@@H](CO)C[C@@H](n3cnc4c(ncn4Cc4ccccc4)c3=N)[C@@H]2O1. The number of nitrogens with zero attached hydrogens (tertiary/aromatic N) is 4. The van der Waals surface area contributed by atoms with Crippen molar-refractivity contribution in [3.63, 3.8) is 0 Å². The number of nitrogens with one attached hydrogen (secondary N) is 1. The Hall–Kier alpha value is -2.55. The second-order valence-electron chi connectivity index (χ2n) is 8.34. The molecular weight excluding hydrogens is 370 g/mol. The average Bonchev–Trinajstić information content (AvgIpc) is 3.34. The normalized spacial score (nSPS) is 28.1. The molecule has 2 aromatic heterocycles. The highest BCUT2D eigenvalue weighted by Crippen LogP contribution is 2.46. The van der Waals surface area contributed by atoms with Gasteiger partial charge in [0.2, 0.25) is 0 Å². The summed E-state index contributed by atoms with van der Waals surface area (Å²) in [6.45, 7) is 4.46. The van der Waals surface area contributed by atoms with Crippen molar-refractivity contribution in [2.24, 2.45) is 5.92 Å².